The van der Waals surface area contributed by atoms with E-state index in [2.05, 4.69) is 17.2 Å². The van der Waals surface area contributed by atoms with Crippen molar-refractivity contribution < 1.29 is 9.90 Å². The predicted molar refractivity (Wildman–Crippen MR) is 70.6 cm³/mol. The summed E-state index contributed by atoms with van der Waals surface area (Å²) >= 11 is 0. The van der Waals surface area contributed by atoms with Crippen LogP contribution in [0.2, 0.25) is 0 Å². The fourth-order valence-electron chi connectivity index (χ4n) is 2.48. The van der Waals surface area contributed by atoms with Gasteiger partial charge < -0.3 is 16.2 Å². The second kappa shape index (κ2) is 5.25. The lowest BCUT2D eigenvalue weighted by Crippen LogP contribution is -2.15. The van der Waals surface area contributed by atoms with E-state index in [-0.39, 0.29) is 5.69 Å². The Morgan fingerprint density at radius 3 is 2.94 bits per heavy atom. The highest BCUT2D eigenvalue weighted by molar-refractivity contribution is 5.86. The minimum Gasteiger partial charge on any atom is -0.477 e. The van der Waals surface area contributed by atoms with Crippen molar-refractivity contribution in [1.82, 2.24) is 4.98 Å². The van der Waals surface area contributed by atoms with Crippen LogP contribution in [0.4, 0.5) is 11.5 Å². The highest BCUT2D eigenvalue weighted by atomic mass is 16.4. The van der Waals surface area contributed by atoms with Gasteiger partial charge in [-0.25, -0.2) is 9.78 Å². The molecule has 1 heterocycles. The summed E-state index contributed by atoms with van der Waals surface area (Å²) in [7, 11) is 0. The van der Waals surface area contributed by atoms with E-state index in [0.29, 0.717) is 17.4 Å². The monoisotopic (exact) mass is 249 g/mol. The predicted octanol–water partition coefficient (Wildman–Crippen LogP) is 2.21. The number of nitrogens with one attached hydrogen (secondary N) is 1. The lowest BCUT2D eigenvalue weighted by Gasteiger charge is -2.13. The van der Waals surface area contributed by atoms with Crippen molar-refractivity contribution >= 4 is 17.5 Å². The first-order valence-corrected chi connectivity index (χ1v) is 6.30. The normalized spacial score (nSPS) is 22.9. The van der Waals surface area contributed by atoms with Gasteiger partial charge in [-0.2, -0.15) is 0 Å². The first-order valence-electron chi connectivity index (χ1n) is 6.30. The molecule has 0 spiro atoms. The van der Waals surface area contributed by atoms with Gasteiger partial charge in [0.05, 0.1) is 5.69 Å². The van der Waals surface area contributed by atoms with Crippen molar-refractivity contribution in [3.63, 3.8) is 0 Å². The highest BCUT2D eigenvalue weighted by Gasteiger charge is 2.21. The second-order valence-corrected chi connectivity index (χ2v) is 5.10. The molecule has 0 aliphatic heterocycles. The summed E-state index contributed by atoms with van der Waals surface area (Å²) in [6, 6.07) is 3.00. The number of carbonyl (C=O) groups is 1. The highest BCUT2D eigenvalue weighted by Crippen LogP contribution is 2.30. The zero-order valence-electron chi connectivity index (χ0n) is 10.5. The minimum atomic E-state index is -1.03. The SMILES string of the molecule is CC1CCC(CNc2nc(C(=O)O)ccc2N)C1. The van der Waals surface area contributed by atoms with Gasteiger partial charge in [0.1, 0.15) is 5.82 Å². The molecular weight excluding hydrogens is 230 g/mol. The smallest absolute Gasteiger partial charge is 0.354 e. The van der Waals surface area contributed by atoms with Crippen molar-refractivity contribution in [2.45, 2.75) is 26.2 Å². The molecule has 0 bridgehead atoms. The molecule has 1 fully saturated rings. The quantitative estimate of drug-likeness (QED) is 0.761. The first-order chi connectivity index (χ1) is 8.56. The van der Waals surface area contributed by atoms with E-state index in [0.717, 1.165) is 12.5 Å². The van der Waals surface area contributed by atoms with Gasteiger partial charge in [-0.15, -0.1) is 0 Å². The standard InChI is InChI=1S/C13H19N3O2/c1-8-2-3-9(6-8)7-15-12-10(14)4-5-11(16-12)13(17)18/h4-5,8-9H,2-3,6-7,14H2,1H3,(H,15,16)(H,17,18). The van der Waals surface area contributed by atoms with Gasteiger partial charge in [0.2, 0.25) is 0 Å². The van der Waals surface area contributed by atoms with Gasteiger partial charge in [-0.1, -0.05) is 13.3 Å². The number of pyridine rings is 1. The van der Waals surface area contributed by atoms with Gasteiger partial charge in [-0.3, -0.25) is 0 Å². The van der Waals surface area contributed by atoms with Crippen LogP contribution < -0.4 is 11.1 Å². The summed E-state index contributed by atoms with van der Waals surface area (Å²) in [4.78, 5) is 14.9. The van der Waals surface area contributed by atoms with Gasteiger partial charge >= 0.3 is 5.97 Å². The van der Waals surface area contributed by atoms with E-state index >= 15 is 0 Å². The second-order valence-electron chi connectivity index (χ2n) is 5.10. The molecule has 2 atom stereocenters. The van der Waals surface area contributed by atoms with Gasteiger partial charge in [0.25, 0.3) is 0 Å². The maximum Gasteiger partial charge on any atom is 0.354 e. The Balaban J connectivity index is 2.00. The molecule has 1 saturated carbocycles. The van der Waals surface area contributed by atoms with E-state index < -0.39 is 5.97 Å². The number of nitrogens with two attached hydrogens (primary N) is 1. The lowest BCUT2D eigenvalue weighted by molar-refractivity contribution is 0.0690. The van der Waals surface area contributed by atoms with Crippen LogP contribution in [0.25, 0.3) is 0 Å². The summed E-state index contributed by atoms with van der Waals surface area (Å²) in [6.45, 7) is 3.07. The van der Waals surface area contributed by atoms with Crippen molar-refractivity contribution in [3.05, 3.63) is 17.8 Å². The number of carboxylic acids is 1. The Hall–Kier alpha value is -1.78. The topological polar surface area (TPSA) is 88.2 Å². The Morgan fingerprint density at radius 1 is 1.56 bits per heavy atom. The largest absolute Gasteiger partial charge is 0.477 e. The fourth-order valence-corrected chi connectivity index (χ4v) is 2.48. The molecule has 0 aromatic carbocycles. The van der Waals surface area contributed by atoms with E-state index in [1.165, 1.54) is 25.3 Å². The molecule has 1 aliphatic rings. The maximum atomic E-state index is 10.8. The summed E-state index contributed by atoms with van der Waals surface area (Å²) < 4.78 is 0. The number of anilines is 2. The van der Waals surface area contributed by atoms with Crippen molar-refractivity contribution in [1.29, 1.82) is 0 Å². The first kappa shape index (κ1) is 12.7. The van der Waals surface area contributed by atoms with E-state index in [4.69, 9.17) is 10.8 Å². The van der Waals surface area contributed by atoms with E-state index in [1.54, 1.807) is 6.07 Å². The molecule has 5 nitrogen and oxygen atoms in total. The number of carboxylic acid groups (broad SMARTS) is 1. The third kappa shape index (κ3) is 2.91. The van der Waals surface area contributed by atoms with Crippen LogP contribution in [0.5, 0.6) is 0 Å². The van der Waals surface area contributed by atoms with Crippen LogP contribution in [0.3, 0.4) is 0 Å². The number of aromatic carboxylic acids is 1. The number of hydrogen-bond acceptors (Lipinski definition) is 4. The van der Waals surface area contributed by atoms with Gasteiger partial charge in [-0.05, 0) is 36.8 Å². The summed E-state index contributed by atoms with van der Waals surface area (Å²) in [6.07, 6.45) is 3.70. The van der Waals surface area contributed by atoms with Crippen molar-refractivity contribution in [2.75, 3.05) is 17.6 Å². The molecule has 1 aliphatic carbocycles. The molecule has 4 N–H and O–H groups in total. The molecule has 1 aromatic heterocycles. The molecule has 98 valence electrons. The van der Waals surface area contributed by atoms with Crippen LogP contribution >= 0.6 is 0 Å². The van der Waals surface area contributed by atoms with Crippen LogP contribution in [0.15, 0.2) is 12.1 Å². The number of rotatable bonds is 4. The Morgan fingerprint density at radius 2 is 2.33 bits per heavy atom. The Bertz CT molecular complexity index is 448. The van der Waals surface area contributed by atoms with Crippen molar-refractivity contribution in [2.24, 2.45) is 11.8 Å². The minimum absolute atomic E-state index is 0.0199. The third-order valence-corrected chi connectivity index (χ3v) is 3.51. The van der Waals surface area contributed by atoms with E-state index in [9.17, 15) is 4.79 Å². The molecule has 2 unspecified atom stereocenters. The number of nitrogen functional groups attached to an aromatic ring is 1. The zero-order chi connectivity index (χ0) is 13.1. The molecule has 0 radical (unpaired) electrons. The van der Waals surface area contributed by atoms with Crippen LogP contribution in [-0.2, 0) is 0 Å². The Labute approximate surface area is 106 Å². The molecule has 1 aromatic rings. The lowest BCUT2D eigenvalue weighted by atomic mass is 10.1. The van der Waals surface area contributed by atoms with Crippen LogP contribution in [0.1, 0.15) is 36.7 Å². The van der Waals surface area contributed by atoms with Crippen LogP contribution in [0, 0.1) is 11.8 Å². The number of nitrogens with zero attached hydrogens (tertiary/aromatic N) is 1. The van der Waals surface area contributed by atoms with Gasteiger partial charge in [0, 0.05) is 6.54 Å². The summed E-state index contributed by atoms with van der Waals surface area (Å²) in [5.74, 6) is 0.865. The van der Waals surface area contributed by atoms with Crippen LogP contribution in [-0.4, -0.2) is 22.6 Å². The third-order valence-electron chi connectivity index (χ3n) is 3.51. The number of hydrogen-bond donors (Lipinski definition) is 3. The fraction of sp³-hybridized carbons (Fsp3) is 0.538. The molecule has 5 heteroatoms. The molecule has 0 amide bonds. The average molecular weight is 249 g/mol. The van der Waals surface area contributed by atoms with Gasteiger partial charge in [0.15, 0.2) is 5.69 Å². The molecule has 0 saturated heterocycles. The Kier molecular flexibility index (Phi) is 3.69. The maximum absolute atomic E-state index is 10.8. The molecule has 2 rings (SSSR count). The number of aromatic nitrogens is 1. The average Bonchev–Trinajstić information content (AvgIpc) is 2.74. The molecular formula is C13H19N3O2. The van der Waals surface area contributed by atoms with Crippen molar-refractivity contribution in [3.8, 4) is 0 Å². The molecule has 18 heavy (non-hydrogen) atoms. The summed E-state index contributed by atoms with van der Waals surface area (Å²) in [5.41, 5.74) is 6.30. The van der Waals surface area contributed by atoms with E-state index in [1.807, 2.05) is 0 Å². The zero-order valence-corrected chi connectivity index (χ0v) is 10.5. The summed E-state index contributed by atoms with van der Waals surface area (Å²) in [5, 5.41) is 12.1.